The molecule has 11 heteroatoms. The van der Waals surface area contributed by atoms with E-state index < -0.39 is 17.5 Å². The first-order valence-corrected chi connectivity index (χ1v) is 12.9. The van der Waals surface area contributed by atoms with Gasteiger partial charge in [-0.25, -0.2) is 19.3 Å². The smallest absolute Gasteiger partial charge is 0.344 e. The fraction of sp³-hybridized carbons (Fsp3) is 0.250. The first-order valence-electron chi connectivity index (χ1n) is 12.1. The minimum absolute atomic E-state index is 0.223. The van der Waals surface area contributed by atoms with E-state index in [9.17, 15) is 9.59 Å². The van der Waals surface area contributed by atoms with E-state index in [2.05, 4.69) is 26.0 Å². The summed E-state index contributed by atoms with van der Waals surface area (Å²) in [5, 5.41) is 5.27. The van der Waals surface area contributed by atoms with Crippen molar-refractivity contribution in [2.45, 2.75) is 39.0 Å². The Kier molecular flexibility index (Phi) is 5.72. The molecule has 0 saturated carbocycles. The Morgan fingerprint density at radius 1 is 1.15 bits per heavy atom. The van der Waals surface area contributed by atoms with Gasteiger partial charge in [0.2, 0.25) is 5.88 Å². The summed E-state index contributed by atoms with van der Waals surface area (Å²) in [7, 11) is 1.47. The van der Waals surface area contributed by atoms with Crippen LogP contribution in [0.3, 0.4) is 0 Å². The molecule has 1 aliphatic heterocycles. The number of rotatable bonds is 3. The molecule has 0 amide bonds. The second kappa shape index (κ2) is 8.91. The lowest BCUT2D eigenvalue weighted by atomic mass is 9.84. The van der Waals surface area contributed by atoms with Gasteiger partial charge in [-0.1, -0.05) is 32.9 Å². The number of methoxy groups -OCH3 is 1. The minimum atomic E-state index is -0.727. The monoisotopic (exact) mass is 590 g/mol. The number of carbonyl (C=O) groups is 1. The molecule has 1 atom stereocenters. The third-order valence-electron chi connectivity index (χ3n) is 6.46. The van der Waals surface area contributed by atoms with Gasteiger partial charge in [-0.2, -0.15) is 0 Å². The van der Waals surface area contributed by atoms with Crippen molar-refractivity contribution in [3.05, 3.63) is 80.1 Å². The number of nitrogens with zero attached hydrogens (tertiary/aromatic N) is 4. The molecular formula is C28H23BrN4O6. The Labute approximate surface area is 230 Å². The first-order chi connectivity index (χ1) is 18.6. The maximum Gasteiger partial charge on any atom is 0.344 e. The molecule has 0 N–H and O–H groups in total. The zero-order valence-corrected chi connectivity index (χ0v) is 23.3. The Bertz CT molecular complexity index is 1870. The van der Waals surface area contributed by atoms with Crippen LogP contribution in [0.25, 0.3) is 16.6 Å². The molecular weight excluding hydrogens is 568 g/mol. The van der Waals surface area contributed by atoms with Crippen molar-refractivity contribution in [2.24, 2.45) is 0 Å². The first kappa shape index (κ1) is 25.1. The van der Waals surface area contributed by atoms with Gasteiger partial charge in [-0.3, -0.25) is 4.79 Å². The minimum Gasteiger partial charge on any atom is -0.493 e. The number of hydrogen-bond donors (Lipinski definition) is 0. The number of ether oxygens (including phenoxy) is 3. The number of benzene rings is 2. The largest absolute Gasteiger partial charge is 0.493 e. The number of aromatic nitrogens is 4. The fourth-order valence-electron chi connectivity index (χ4n) is 4.73. The van der Waals surface area contributed by atoms with Crippen LogP contribution in [0.5, 0.6) is 23.1 Å². The normalized spacial score (nSPS) is 14.6. The molecule has 10 nitrogen and oxygen atoms in total. The molecule has 39 heavy (non-hydrogen) atoms. The van der Waals surface area contributed by atoms with Gasteiger partial charge in [0.05, 0.1) is 34.0 Å². The van der Waals surface area contributed by atoms with Gasteiger partial charge in [0.15, 0.2) is 28.7 Å². The van der Waals surface area contributed by atoms with E-state index in [1.54, 1.807) is 35.1 Å². The van der Waals surface area contributed by atoms with Crippen LogP contribution in [-0.4, -0.2) is 32.7 Å². The summed E-state index contributed by atoms with van der Waals surface area (Å²) in [6, 6.07) is 10.6. The molecule has 5 aromatic rings. The summed E-state index contributed by atoms with van der Waals surface area (Å²) in [5.41, 5.74) is 1.46. The Morgan fingerprint density at radius 3 is 2.64 bits per heavy atom. The number of hydrogen-bond acceptors (Lipinski definition) is 9. The molecule has 6 rings (SSSR count). The summed E-state index contributed by atoms with van der Waals surface area (Å²) < 4.78 is 25.1. The van der Waals surface area contributed by atoms with Crippen LogP contribution in [0.2, 0.25) is 0 Å². The van der Waals surface area contributed by atoms with Crippen LogP contribution in [0.15, 0.2) is 56.4 Å². The van der Waals surface area contributed by atoms with Crippen molar-refractivity contribution in [1.29, 1.82) is 0 Å². The van der Waals surface area contributed by atoms with Gasteiger partial charge in [-0.15, -0.1) is 5.10 Å². The quantitative estimate of drug-likeness (QED) is 0.149. The van der Waals surface area contributed by atoms with Crippen molar-refractivity contribution in [2.75, 3.05) is 7.11 Å². The van der Waals surface area contributed by atoms with Crippen LogP contribution in [0.4, 0.5) is 0 Å². The van der Waals surface area contributed by atoms with Crippen molar-refractivity contribution >= 4 is 38.5 Å². The molecule has 0 aliphatic carbocycles. The Hall–Kier alpha value is -4.25. The number of halogens is 1. The standard InChI is InChI=1S/C28H23BrN4O6/c1-13(34)37-23-16(29)10-14(11-18(23)36-5)19-20-22(15-8-6-7-9-17(15)38-26(20)35)39-25-21(19)24-31-27(28(2,3)4)32-33(24)12-30-25/h6-12,19H,1-5H3. The van der Waals surface area contributed by atoms with Crippen molar-refractivity contribution in [3.8, 4) is 23.1 Å². The highest BCUT2D eigenvalue weighted by molar-refractivity contribution is 9.10. The average molecular weight is 591 g/mol. The Morgan fingerprint density at radius 2 is 1.92 bits per heavy atom. The maximum absolute atomic E-state index is 13.6. The highest BCUT2D eigenvalue weighted by Gasteiger charge is 2.38. The SMILES string of the molecule is COc1cc(C2c3c(c4ccccc4oc3=O)Oc3ncn4nc(C(C)(C)C)nc4c32)cc(Br)c1OC(C)=O. The molecule has 2 aromatic carbocycles. The van der Waals surface area contributed by atoms with Crippen LogP contribution >= 0.6 is 15.9 Å². The van der Waals surface area contributed by atoms with Gasteiger partial charge in [0.1, 0.15) is 11.9 Å². The van der Waals surface area contributed by atoms with E-state index in [1.165, 1.54) is 14.0 Å². The molecule has 0 fully saturated rings. The third-order valence-corrected chi connectivity index (χ3v) is 7.05. The van der Waals surface area contributed by atoms with Crippen LogP contribution in [-0.2, 0) is 10.2 Å². The molecule has 0 spiro atoms. The lowest BCUT2D eigenvalue weighted by Crippen LogP contribution is -2.22. The lowest BCUT2D eigenvalue weighted by Gasteiger charge is -2.28. The highest BCUT2D eigenvalue weighted by Crippen LogP contribution is 2.51. The van der Waals surface area contributed by atoms with E-state index in [-0.39, 0.29) is 16.7 Å². The predicted molar refractivity (Wildman–Crippen MR) is 145 cm³/mol. The molecule has 4 heterocycles. The predicted octanol–water partition coefficient (Wildman–Crippen LogP) is 5.51. The lowest BCUT2D eigenvalue weighted by molar-refractivity contribution is -0.132. The Balaban J connectivity index is 1.71. The van der Waals surface area contributed by atoms with Crippen LogP contribution in [0, 0.1) is 0 Å². The molecule has 3 aromatic heterocycles. The van der Waals surface area contributed by atoms with E-state index in [1.807, 2.05) is 32.9 Å². The van der Waals surface area contributed by atoms with E-state index >= 15 is 0 Å². The second-order valence-corrected chi connectivity index (χ2v) is 11.1. The van der Waals surface area contributed by atoms with Gasteiger partial charge in [-0.05, 0) is 45.8 Å². The topological polar surface area (TPSA) is 118 Å². The summed E-state index contributed by atoms with van der Waals surface area (Å²) in [5.74, 6) is 0.547. The zero-order chi connectivity index (χ0) is 27.6. The van der Waals surface area contributed by atoms with E-state index in [0.29, 0.717) is 55.4 Å². The number of para-hydroxylation sites is 1. The van der Waals surface area contributed by atoms with Gasteiger partial charge in [0.25, 0.3) is 0 Å². The maximum atomic E-state index is 13.6. The van der Waals surface area contributed by atoms with Crippen molar-refractivity contribution < 1.29 is 23.4 Å². The van der Waals surface area contributed by atoms with Crippen molar-refractivity contribution in [3.63, 3.8) is 0 Å². The number of carbonyl (C=O) groups excluding carboxylic acids is 1. The third kappa shape index (κ3) is 4.04. The average Bonchev–Trinajstić information content (AvgIpc) is 3.34. The molecule has 0 radical (unpaired) electrons. The van der Waals surface area contributed by atoms with Crippen LogP contribution < -0.4 is 19.8 Å². The summed E-state index contributed by atoms with van der Waals surface area (Å²) in [6.45, 7) is 7.35. The van der Waals surface area contributed by atoms with Gasteiger partial charge >= 0.3 is 11.6 Å². The molecule has 1 aliphatic rings. The molecule has 0 bridgehead atoms. The molecule has 1 unspecified atom stereocenters. The second-order valence-electron chi connectivity index (χ2n) is 10.2. The number of fused-ring (bicyclic) bond motifs is 6. The fourth-order valence-corrected chi connectivity index (χ4v) is 5.27. The molecule has 198 valence electrons. The molecule has 0 saturated heterocycles. The summed E-state index contributed by atoms with van der Waals surface area (Å²) >= 11 is 3.51. The van der Waals surface area contributed by atoms with E-state index in [4.69, 9.17) is 23.6 Å². The summed E-state index contributed by atoms with van der Waals surface area (Å²) in [6.07, 6.45) is 1.55. The number of esters is 1. The van der Waals surface area contributed by atoms with Crippen molar-refractivity contribution in [1.82, 2.24) is 19.6 Å². The van der Waals surface area contributed by atoms with Crippen LogP contribution in [0.1, 0.15) is 56.1 Å². The highest BCUT2D eigenvalue weighted by atomic mass is 79.9. The van der Waals surface area contributed by atoms with Gasteiger partial charge in [0, 0.05) is 12.3 Å². The van der Waals surface area contributed by atoms with E-state index in [0.717, 1.165) is 0 Å². The summed E-state index contributed by atoms with van der Waals surface area (Å²) in [4.78, 5) is 34.8. The zero-order valence-electron chi connectivity index (χ0n) is 21.7. The van der Waals surface area contributed by atoms with Gasteiger partial charge < -0.3 is 18.6 Å².